The molecule has 0 atom stereocenters. The van der Waals surface area contributed by atoms with Crippen LogP contribution in [0.5, 0.6) is 0 Å². The lowest BCUT2D eigenvalue weighted by atomic mass is 9.78. The fraction of sp³-hybridized carbons (Fsp3) is 0. The highest BCUT2D eigenvalue weighted by Crippen LogP contribution is 2.12. The molecule has 0 aliphatic carbocycles. The van der Waals surface area contributed by atoms with Crippen molar-refractivity contribution in [2.24, 2.45) is 0 Å². The van der Waals surface area contributed by atoms with E-state index in [1.165, 1.54) is 18.2 Å². The minimum absolute atomic E-state index is 0.0499. The van der Waals surface area contributed by atoms with E-state index in [0.29, 0.717) is 11.4 Å². The fourth-order valence-electron chi connectivity index (χ4n) is 2.51. The molecular weight excluding hydrogens is 343 g/mol. The summed E-state index contributed by atoms with van der Waals surface area (Å²) >= 11 is 0. The second-order valence-corrected chi connectivity index (χ2v) is 5.86. The van der Waals surface area contributed by atoms with E-state index in [1.54, 1.807) is 48.5 Å². The van der Waals surface area contributed by atoms with E-state index in [1.807, 2.05) is 12.1 Å². The SMILES string of the molecule is O=C(Nc1ccccc1)c1cc(B(O)O)cc(C(=O)Nc2ccccc2)c1. The summed E-state index contributed by atoms with van der Waals surface area (Å²) in [5.74, 6) is -0.921. The number of hydrogen-bond donors (Lipinski definition) is 4. The maximum absolute atomic E-state index is 12.5. The van der Waals surface area contributed by atoms with Crippen molar-refractivity contribution in [3.05, 3.63) is 90.0 Å². The van der Waals surface area contributed by atoms with Crippen LogP contribution in [0.4, 0.5) is 11.4 Å². The molecule has 6 nitrogen and oxygen atoms in total. The molecule has 7 heteroatoms. The third-order valence-electron chi connectivity index (χ3n) is 3.84. The zero-order valence-corrected chi connectivity index (χ0v) is 14.3. The van der Waals surface area contributed by atoms with Gasteiger partial charge >= 0.3 is 7.12 Å². The molecule has 0 bridgehead atoms. The number of carbonyl (C=O) groups excluding carboxylic acids is 2. The molecule has 0 aliphatic rings. The Hall–Kier alpha value is -3.42. The van der Waals surface area contributed by atoms with Crippen molar-refractivity contribution in [1.82, 2.24) is 0 Å². The maximum Gasteiger partial charge on any atom is 0.488 e. The van der Waals surface area contributed by atoms with Crippen LogP contribution >= 0.6 is 0 Å². The van der Waals surface area contributed by atoms with Gasteiger partial charge in [0.2, 0.25) is 0 Å². The van der Waals surface area contributed by atoms with Gasteiger partial charge in [0.25, 0.3) is 11.8 Å². The standard InChI is InChI=1S/C20H17BN2O4/c24-19(22-17-7-3-1-4-8-17)14-11-15(13-16(12-14)21(26)27)20(25)23-18-9-5-2-6-10-18/h1-13,26-27H,(H,22,24)(H,23,25). The molecule has 134 valence electrons. The summed E-state index contributed by atoms with van der Waals surface area (Å²) in [5.41, 5.74) is 1.51. The van der Waals surface area contributed by atoms with E-state index in [-0.39, 0.29) is 16.6 Å². The monoisotopic (exact) mass is 360 g/mol. The van der Waals surface area contributed by atoms with Crippen molar-refractivity contribution < 1.29 is 19.6 Å². The average molecular weight is 360 g/mol. The summed E-state index contributed by atoms with van der Waals surface area (Å²) in [5, 5.41) is 24.4. The molecule has 0 aliphatic heterocycles. The highest BCUT2D eigenvalue weighted by molar-refractivity contribution is 6.58. The van der Waals surface area contributed by atoms with Gasteiger partial charge in [0.15, 0.2) is 0 Å². The van der Waals surface area contributed by atoms with Crippen LogP contribution in [0, 0.1) is 0 Å². The Bertz CT molecular complexity index is 875. The summed E-state index contributed by atoms with van der Waals surface area (Å²) in [6.45, 7) is 0. The Balaban J connectivity index is 1.88. The van der Waals surface area contributed by atoms with E-state index >= 15 is 0 Å². The Kier molecular flexibility index (Phi) is 5.66. The molecule has 0 heterocycles. The van der Waals surface area contributed by atoms with Crippen molar-refractivity contribution in [1.29, 1.82) is 0 Å². The molecule has 4 N–H and O–H groups in total. The van der Waals surface area contributed by atoms with Gasteiger partial charge in [-0.1, -0.05) is 36.4 Å². The number of para-hydroxylation sites is 2. The molecular formula is C20H17BN2O4. The Morgan fingerprint density at radius 3 is 1.44 bits per heavy atom. The van der Waals surface area contributed by atoms with Crippen LogP contribution in [-0.4, -0.2) is 29.0 Å². The van der Waals surface area contributed by atoms with E-state index < -0.39 is 18.9 Å². The predicted molar refractivity (Wildman–Crippen MR) is 105 cm³/mol. The second kappa shape index (κ2) is 8.31. The third-order valence-corrected chi connectivity index (χ3v) is 3.84. The zero-order chi connectivity index (χ0) is 19.2. The Morgan fingerprint density at radius 1 is 0.667 bits per heavy atom. The minimum Gasteiger partial charge on any atom is -0.423 e. The van der Waals surface area contributed by atoms with Gasteiger partial charge in [-0.2, -0.15) is 0 Å². The minimum atomic E-state index is -1.81. The molecule has 2 amide bonds. The number of amides is 2. The first-order valence-electron chi connectivity index (χ1n) is 8.27. The first-order chi connectivity index (χ1) is 13.0. The quantitative estimate of drug-likeness (QED) is 0.522. The van der Waals surface area contributed by atoms with Gasteiger partial charge in [0.05, 0.1) is 0 Å². The van der Waals surface area contributed by atoms with Gasteiger partial charge in [-0.05, 0) is 47.9 Å². The van der Waals surface area contributed by atoms with Crippen molar-refractivity contribution >= 4 is 35.8 Å². The van der Waals surface area contributed by atoms with Crippen molar-refractivity contribution in [2.45, 2.75) is 0 Å². The summed E-state index contributed by atoms with van der Waals surface area (Å²) in [7, 11) is -1.81. The van der Waals surface area contributed by atoms with Crippen LogP contribution in [0.3, 0.4) is 0 Å². The molecule has 0 aromatic heterocycles. The highest BCUT2D eigenvalue weighted by Gasteiger charge is 2.19. The Labute approximate surface area is 156 Å². The van der Waals surface area contributed by atoms with E-state index in [4.69, 9.17) is 0 Å². The molecule has 3 aromatic carbocycles. The highest BCUT2D eigenvalue weighted by atomic mass is 16.4. The van der Waals surface area contributed by atoms with Crippen LogP contribution in [-0.2, 0) is 0 Å². The second-order valence-electron chi connectivity index (χ2n) is 5.86. The number of carbonyl (C=O) groups is 2. The summed E-state index contributed by atoms with van der Waals surface area (Å²) < 4.78 is 0. The van der Waals surface area contributed by atoms with E-state index in [0.717, 1.165) is 0 Å². The largest absolute Gasteiger partial charge is 0.488 e. The lowest BCUT2D eigenvalue weighted by Crippen LogP contribution is -2.32. The smallest absolute Gasteiger partial charge is 0.423 e. The van der Waals surface area contributed by atoms with Gasteiger partial charge in [-0.15, -0.1) is 0 Å². The van der Waals surface area contributed by atoms with Gasteiger partial charge < -0.3 is 20.7 Å². The lowest BCUT2D eigenvalue weighted by molar-refractivity contribution is 0.102. The predicted octanol–water partition coefficient (Wildman–Crippen LogP) is 1.87. The lowest BCUT2D eigenvalue weighted by Gasteiger charge is -2.11. The van der Waals surface area contributed by atoms with Crippen LogP contribution < -0.4 is 16.1 Å². The van der Waals surface area contributed by atoms with Gasteiger partial charge in [0, 0.05) is 22.5 Å². The van der Waals surface area contributed by atoms with Crippen molar-refractivity contribution in [3.63, 3.8) is 0 Å². The molecule has 0 spiro atoms. The molecule has 0 saturated heterocycles. The average Bonchev–Trinajstić information content (AvgIpc) is 2.69. The maximum atomic E-state index is 12.5. The number of benzene rings is 3. The third kappa shape index (κ3) is 4.81. The molecule has 0 unspecified atom stereocenters. The van der Waals surface area contributed by atoms with E-state index in [2.05, 4.69) is 10.6 Å². The number of hydrogen-bond acceptors (Lipinski definition) is 4. The topological polar surface area (TPSA) is 98.7 Å². The zero-order valence-electron chi connectivity index (χ0n) is 14.3. The number of nitrogens with one attached hydrogen (secondary N) is 2. The summed E-state index contributed by atoms with van der Waals surface area (Å²) in [6.07, 6.45) is 0. The normalized spacial score (nSPS) is 10.1. The number of anilines is 2. The molecule has 0 radical (unpaired) electrons. The van der Waals surface area contributed by atoms with Gasteiger partial charge in [-0.25, -0.2) is 0 Å². The van der Waals surface area contributed by atoms with Gasteiger partial charge in [0.1, 0.15) is 0 Å². The van der Waals surface area contributed by atoms with Gasteiger partial charge in [-0.3, -0.25) is 9.59 Å². The van der Waals surface area contributed by atoms with Crippen LogP contribution in [0.2, 0.25) is 0 Å². The summed E-state index contributed by atoms with van der Waals surface area (Å²) in [4.78, 5) is 25.0. The van der Waals surface area contributed by atoms with Crippen molar-refractivity contribution in [2.75, 3.05) is 10.6 Å². The molecule has 0 saturated carbocycles. The summed E-state index contributed by atoms with van der Waals surface area (Å²) in [6, 6.07) is 21.8. The molecule has 3 aromatic rings. The Morgan fingerprint density at radius 2 is 1.07 bits per heavy atom. The molecule has 0 fully saturated rings. The molecule has 3 rings (SSSR count). The first kappa shape index (κ1) is 18.4. The van der Waals surface area contributed by atoms with Crippen LogP contribution in [0.1, 0.15) is 20.7 Å². The molecule has 27 heavy (non-hydrogen) atoms. The van der Waals surface area contributed by atoms with Crippen LogP contribution in [0.15, 0.2) is 78.9 Å². The van der Waals surface area contributed by atoms with Crippen molar-refractivity contribution in [3.8, 4) is 0 Å². The number of rotatable bonds is 5. The fourth-order valence-corrected chi connectivity index (χ4v) is 2.51. The first-order valence-corrected chi connectivity index (χ1v) is 8.27. The van der Waals surface area contributed by atoms with E-state index in [9.17, 15) is 19.6 Å². The van der Waals surface area contributed by atoms with Crippen LogP contribution in [0.25, 0.3) is 0 Å².